The molecule has 140 valence electrons. The Kier molecular flexibility index (Phi) is 9.23. The number of hydrogen-bond donors (Lipinski definition) is 3. The summed E-state index contributed by atoms with van der Waals surface area (Å²) in [5, 5.41) is 12.1. The first-order chi connectivity index (χ1) is 12.0. The lowest BCUT2D eigenvalue weighted by molar-refractivity contribution is -0.148. The van der Waals surface area contributed by atoms with Gasteiger partial charge in [0.2, 0.25) is 0 Å². The minimum atomic E-state index is -1.01. The molecule has 0 saturated heterocycles. The Morgan fingerprint density at radius 2 is 1.92 bits per heavy atom. The number of nitrogens with zero attached hydrogens (tertiary/aromatic N) is 1. The highest BCUT2D eigenvalue weighted by atomic mass is 16.5. The zero-order valence-corrected chi connectivity index (χ0v) is 14.5. The molecule has 0 spiro atoms. The third kappa shape index (κ3) is 8.30. The molecule has 9 nitrogen and oxygen atoms in total. The number of aromatic nitrogens is 2. The molecule has 0 aliphatic carbocycles. The van der Waals surface area contributed by atoms with Gasteiger partial charge in [-0.05, 0) is 6.42 Å². The van der Waals surface area contributed by atoms with Crippen molar-refractivity contribution in [2.75, 3.05) is 13.2 Å². The minimum absolute atomic E-state index is 0.0314. The van der Waals surface area contributed by atoms with Gasteiger partial charge in [0.25, 0.3) is 0 Å². The van der Waals surface area contributed by atoms with Gasteiger partial charge in [0, 0.05) is 19.0 Å². The number of H-pyrrole nitrogens is 1. The first-order valence-corrected chi connectivity index (χ1v) is 8.24. The van der Waals surface area contributed by atoms with Crippen molar-refractivity contribution in [3.63, 3.8) is 0 Å². The summed E-state index contributed by atoms with van der Waals surface area (Å²) in [5.41, 5.74) is 0.508. The van der Waals surface area contributed by atoms with Crippen LogP contribution in [0.1, 0.15) is 51.3 Å². The van der Waals surface area contributed by atoms with E-state index in [1.807, 2.05) is 6.92 Å². The van der Waals surface area contributed by atoms with E-state index in [-0.39, 0.29) is 38.0 Å². The number of carboxylic acid groups (broad SMARTS) is 1. The van der Waals surface area contributed by atoms with Gasteiger partial charge >= 0.3 is 17.9 Å². The molecule has 0 amide bonds. The van der Waals surface area contributed by atoms with Crippen molar-refractivity contribution in [3.8, 4) is 0 Å². The number of esters is 2. The second-order valence-corrected chi connectivity index (χ2v) is 5.48. The van der Waals surface area contributed by atoms with E-state index in [0.717, 1.165) is 0 Å². The van der Waals surface area contributed by atoms with E-state index in [0.29, 0.717) is 18.5 Å². The lowest BCUT2D eigenvalue weighted by Gasteiger charge is -2.23. The van der Waals surface area contributed by atoms with Gasteiger partial charge in [-0.3, -0.25) is 19.7 Å². The summed E-state index contributed by atoms with van der Waals surface area (Å²) in [6.45, 7) is 3.46. The van der Waals surface area contributed by atoms with Crippen molar-refractivity contribution in [3.05, 3.63) is 18.2 Å². The van der Waals surface area contributed by atoms with E-state index in [1.54, 1.807) is 13.1 Å². The SMILES string of the molecule is CCCC(=O)OCC(COC(=O)CC)NC(CC(=O)O)c1c[nH]cn1. The Hall–Kier alpha value is -2.42. The van der Waals surface area contributed by atoms with Crippen LogP contribution in [0.3, 0.4) is 0 Å². The molecule has 3 N–H and O–H groups in total. The number of carbonyl (C=O) groups excluding carboxylic acids is 2. The molecule has 0 fully saturated rings. The van der Waals surface area contributed by atoms with Gasteiger partial charge in [0.1, 0.15) is 13.2 Å². The topological polar surface area (TPSA) is 131 Å². The van der Waals surface area contributed by atoms with Crippen LogP contribution in [0.25, 0.3) is 0 Å². The van der Waals surface area contributed by atoms with Gasteiger partial charge in [-0.25, -0.2) is 4.98 Å². The number of hydrogen-bond acceptors (Lipinski definition) is 7. The van der Waals surface area contributed by atoms with Gasteiger partial charge in [-0.2, -0.15) is 0 Å². The van der Waals surface area contributed by atoms with Crippen LogP contribution in [0.2, 0.25) is 0 Å². The Morgan fingerprint density at radius 3 is 2.44 bits per heavy atom. The van der Waals surface area contributed by atoms with Crippen LogP contribution in [0.5, 0.6) is 0 Å². The van der Waals surface area contributed by atoms with Gasteiger partial charge in [-0.1, -0.05) is 13.8 Å². The number of rotatable bonds is 12. The van der Waals surface area contributed by atoms with Crippen LogP contribution in [0, 0.1) is 0 Å². The summed E-state index contributed by atoms with van der Waals surface area (Å²) in [5.74, 6) is -1.75. The molecular weight excluding hydrogens is 330 g/mol. The molecule has 0 aliphatic heterocycles. The van der Waals surface area contributed by atoms with Crippen molar-refractivity contribution in [2.45, 2.75) is 51.6 Å². The van der Waals surface area contributed by atoms with E-state index in [9.17, 15) is 14.4 Å². The van der Waals surface area contributed by atoms with Gasteiger partial charge in [0.05, 0.1) is 30.5 Å². The molecule has 1 aromatic heterocycles. The second kappa shape index (κ2) is 11.2. The fourth-order valence-electron chi connectivity index (χ4n) is 2.08. The first-order valence-electron chi connectivity index (χ1n) is 8.24. The van der Waals surface area contributed by atoms with Crippen molar-refractivity contribution < 1.29 is 29.0 Å². The largest absolute Gasteiger partial charge is 0.481 e. The molecule has 9 heteroatoms. The molecule has 0 radical (unpaired) electrons. The van der Waals surface area contributed by atoms with E-state index < -0.39 is 18.1 Å². The predicted octanol–water partition coefficient (Wildman–Crippen LogP) is 1.18. The van der Waals surface area contributed by atoms with Crippen molar-refractivity contribution in [2.24, 2.45) is 0 Å². The van der Waals surface area contributed by atoms with Gasteiger partial charge < -0.3 is 19.6 Å². The molecule has 1 aromatic rings. The molecule has 0 aliphatic rings. The first kappa shape index (κ1) is 20.6. The molecule has 2 unspecified atom stereocenters. The van der Waals surface area contributed by atoms with E-state index in [4.69, 9.17) is 14.6 Å². The Balaban J connectivity index is 2.74. The summed E-state index contributed by atoms with van der Waals surface area (Å²) in [6, 6.07) is -1.16. The summed E-state index contributed by atoms with van der Waals surface area (Å²) in [6.07, 6.45) is 3.99. The lowest BCUT2D eigenvalue weighted by atomic mass is 10.1. The average molecular weight is 355 g/mol. The number of aromatic amines is 1. The Morgan fingerprint density at radius 1 is 1.24 bits per heavy atom. The Bertz CT molecular complexity index is 546. The van der Waals surface area contributed by atoms with Crippen LogP contribution >= 0.6 is 0 Å². The van der Waals surface area contributed by atoms with Crippen molar-refractivity contribution in [1.29, 1.82) is 0 Å². The maximum Gasteiger partial charge on any atom is 0.305 e. The Labute approximate surface area is 146 Å². The minimum Gasteiger partial charge on any atom is -0.481 e. The number of carboxylic acids is 1. The van der Waals surface area contributed by atoms with Gasteiger partial charge in [-0.15, -0.1) is 0 Å². The van der Waals surface area contributed by atoms with Crippen LogP contribution in [0.15, 0.2) is 12.5 Å². The summed E-state index contributed by atoms with van der Waals surface area (Å²) >= 11 is 0. The highest BCUT2D eigenvalue weighted by Crippen LogP contribution is 2.15. The molecule has 2 atom stereocenters. The molecule has 1 heterocycles. The number of carbonyl (C=O) groups is 3. The molecule has 1 rings (SSSR count). The van der Waals surface area contributed by atoms with E-state index in [1.165, 1.54) is 6.33 Å². The zero-order chi connectivity index (χ0) is 18.7. The van der Waals surface area contributed by atoms with E-state index >= 15 is 0 Å². The fourth-order valence-corrected chi connectivity index (χ4v) is 2.08. The van der Waals surface area contributed by atoms with Crippen LogP contribution in [-0.4, -0.2) is 52.2 Å². The number of aliphatic carboxylic acids is 1. The molecule has 0 bridgehead atoms. The fraction of sp³-hybridized carbons (Fsp3) is 0.625. The maximum atomic E-state index is 11.6. The number of nitrogens with one attached hydrogen (secondary N) is 2. The molecular formula is C16H25N3O6. The quantitative estimate of drug-likeness (QED) is 0.476. The molecule has 0 saturated carbocycles. The predicted molar refractivity (Wildman–Crippen MR) is 87.6 cm³/mol. The van der Waals surface area contributed by atoms with Gasteiger partial charge in [0.15, 0.2) is 0 Å². The third-order valence-corrected chi connectivity index (χ3v) is 3.33. The standard InChI is InChI=1S/C16H25N3O6/c1-3-5-16(23)25-9-11(8-24-15(22)4-2)19-12(6-14(20)21)13-7-17-10-18-13/h7,10-12,19H,3-6,8-9H2,1-2H3,(H,17,18)(H,20,21). The van der Waals surface area contributed by atoms with Crippen LogP contribution < -0.4 is 5.32 Å². The highest BCUT2D eigenvalue weighted by Gasteiger charge is 2.23. The van der Waals surface area contributed by atoms with E-state index in [2.05, 4.69) is 15.3 Å². The van der Waals surface area contributed by atoms with Crippen LogP contribution in [-0.2, 0) is 23.9 Å². The summed E-state index contributed by atoms with van der Waals surface area (Å²) in [7, 11) is 0. The summed E-state index contributed by atoms with van der Waals surface area (Å²) in [4.78, 5) is 40.9. The van der Waals surface area contributed by atoms with Crippen LogP contribution in [0.4, 0.5) is 0 Å². The highest BCUT2D eigenvalue weighted by molar-refractivity contribution is 5.69. The van der Waals surface area contributed by atoms with Crippen molar-refractivity contribution in [1.82, 2.24) is 15.3 Å². The number of ether oxygens (including phenoxy) is 2. The molecule has 25 heavy (non-hydrogen) atoms. The molecule has 0 aromatic carbocycles. The normalized spacial score (nSPS) is 13.0. The summed E-state index contributed by atoms with van der Waals surface area (Å²) < 4.78 is 10.3. The third-order valence-electron chi connectivity index (χ3n) is 3.33. The maximum absolute atomic E-state index is 11.6. The zero-order valence-electron chi connectivity index (χ0n) is 14.5. The average Bonchev–Trinajstić information content (AvgIpc) is 3.10. The second-order valence-electron chi connectivity index (χ2n) is 5.48. The number of imidazole rings is 1. The smallest absolute Gasteiger partial charge is 0.305 e. The monoisotopic (exact) mass is 355 g/mol. The lowest BCUT2D eigenvalue weighted by Crippen LogP contribution is -2.42. The van der Waals surface area contributed by atoms with Crippen molar-refractivity contribution >= 4 is 17.9 Å².